The number of ether oxygens (including phenoxy) is 2. The van der Waals surface area contributed by atoms with Gasteiger partial charge in [-0.15, -0.1) is 0 Å². The van der Waals surface area contributed by atoms with Crippen molar-refractivity contribution in [2.45, 2.75) is 6.10 Å². The molecule has 0 aliphatic carbocycles. The molecule has 2 aromatic heterocycles. The van der Waals surface area contributed by atoms with E-state index in [4.69, 9.17) is 24.4 Å². The van der Waals surface area contributed by atoms with Crippen LogP contribution in [0.1, 0.15) is 0 Å². The molecule has 10 heteroatoms. The van der Waals surface area contributed by atoms with Crippen molar-refractivity contribution in [3.63, 3.8) is 0 Å². The number of rotatable bonds is 4. The Morgan fingerprint density at radius 2 is 1.66 bits per heavy atom. The van der Waals surface area contributed by atoms with Gasteiger partial charge in [0, 0.05) is 26.2 Å². The minimum Gasteiger partial charge on any atom is -0.378 e. The summed E-state index contributed by atoms with van der Waals surface area (Å²) < 4.78 is 25.9. The number of fused-ring (bicyclic) bond motifs is 1. The highest BCUT2D eigenvalue weighted by molar-refractivity contribution is 5.76. The summed E-state index contributed by atoms with van der Waals surface area (Å²) in [5.74, 6) is 1.61. The Hall–Kier alpha value is -2.85. The molecule has 2 aliphatic heterocycles. The largest absolute Gasteiger partial charge is 0.378 e. The molecule has 0 amide bonds. The van der Waals surface area contributed by atoms with E-state index in [1.165, 1.54) is 0 Å². The lowest BCUT2D eigenvalue weighted by atomic mass is 10.3. The van der Waals surface area contributed by atoms with Gasteiger partial charge in [0.25, 0.3) is 0 Å². The van der Waals surface area contributed by atoms with Crippen LogP contribution in [0.3, 0.4) is 0 Å². The summed E-state index contributed by atoms with van der Waals surface area (Å²) in [6.07, 6.45) is 1.25. The number of halogens is 1. The van der Waals surface area contributed by atoms with Gasteiger partial charge in [-0.05, 0) is 12.1 Å². The summed E-state index contributed by atoms with van der Waals surface area (Å²) >= 11 is 0. The van der Waals surface area contributed by atoms with Gasteiger partial charge in [0.2, 0.25) is 17.8 Å². The van der Waals surface area contributed by atoms with Gasteiger partial charge in [0.15, 0.2) is 0 Å². The Bertz CT molecular complexity index is 992. The fourth-order valence-corrected chi connectivity index (χ4v) is 3.61. The van der Waals surface area contributed by atoms with Crippen LogP contribution in [0.2, 0.25) is 0 Å². The second-order valence-electron chi connectivity index (χ2n) is 7.03. The first-order valence-electron chi connectivity index (χ1n) is 9.75. The molecule has 0 radical (unpaired) electrons. The standard InChI is InChI=1S/C19H22FN7O2/c20-11-14-12-26(7-10-29-14)18-22-17(25-5-8-28-9-6-25)23-19(24-18)27-13-21-15-3-1-2-4-16(15)27/h1-4,13-14H,5-12H2. The maximum Gasteiger partial charge on any atom is 0.242 e. The van der Waals surface area contributed by atoms with Crippen molar-refractivity contribution in [3.05, 3.63) is 30.6 Å². The number of benzene rings is 1. The molecule has 4 heterocycles. The molecule has 5 rings (SSSR count). The van der Waals surface area contributed by atoms with Gasteiger partial charge in [-0.3, -0.25) is 4.57 Å². The zero-order chi connectivity index (χ0) is 19.6. The van der Waals surface area contributed by atoms with Crippen molar-refractivity contribution in [1.29, 1.82) is 0 Å². The van der Waals surface area contributed by atoms with Crippen molar-refractivity contribution in [2.24, 2.45) is 0 Å². The van der Waals surface area contributed by atoms with E-state index in [0.717, 1.165) is 11.0 Å². The number of aromatic nitrogens is 5. The number of morpholine rings is 2. The molecule has 0 spiro atoms. The molecular weight excluding hydrogens is 377 g/mol. The zero-order valence-electron chi connectivity index (χ0n) is 15.9. The first-order chi connectivity index (χ1) is 14.3. The van der Waals surface area contributed by atoms with E-state index in [1.54, 1.807) is 6.33 Å². The third-order valence-electron chi connectivity index (χ3n) is 5.16. The molecule has 152 valence electrons. The summed E-state index contributed by atoms with van der Waals surface area (Å²) in [5.41, 5.74) is 1.78. The number of anilines is 2. The second kappa shape index (κ2) is 7.88. The third kappa shape index (κ3) is 3.60. The molecule has 9 nitrogen and oxygen atoms in total. The highest BCUT2D eigenvalue weighted by atomic mass is 19.1. The number of para-hydroxylation sites is 2. The fourth-order valence-electron chi connectivity index (χ4n) is 3.61. The molecule has 1 unspecified atom stereocenters. The van der Waals surface area contributed by atoms with Crippen LogP contribution < -0.4 is 9.80 Å². The Labute approximate surface area is 167 Å². The summed E-state index contributed by atoms with van der Waals surface area (Å²) in [5, 5.41) is 0. The van der Waals surface area contributed by atoms with E-state index in [2.05, 4.69) is 9.88 Å². The minimum absolute atomic E-state index is 0.410. The maximum atomic E-state index is 13.2. The van der Waals surface area contributed by atoms with Crippen LogP contribution >= 0.6 is 0 Å². The lowest BCUT2D eigenvalue weighted by molar-refractivity contribution is 0.0242. The Morgan fingerprint density at radius 1 is 0.931 bits per heavy atom. The highest BCUT2D eigenvalue weighted by Gasteiger charge is 2.25. The van der Waals surface area contributed by atoms with Gasteiger partial charge >= 0.3 is 0 Å². The van der Waals surface area contributed by atoms with E-state index >= 15 is 0 Å². The van der Waals surface area contributed by atoms with E-state index < -0.39 is 12.8 Å². The normalized spacial score (nSPS) is 20.4. The van der Waals surface area contributed by atoms with Crippen LogP contribution in [0.15, 0.2) is 30.6 Å². The lowest BCUT2D eigenvalue weighted by Gasteiger charge is -2.33. The number of hydrogen-bond acceptors (Lipinski definition) is 8. The summed E-state index contributed by atoms with van der Waals surface area (Å²) in [6.45, 7) is 3.61. The molecule has 1 aromatic carbocycles. The Balaban J connectivity index is 1.58. The van der Waals surface area contributed by atoms with Crippen LogP contribution in [0.25, 0.3) is 17.0 Å². The van der Waals surface area contributed by atoms with Crippen molar-refractivity contribution in [2.75, 3.05) is 62.5 Å². The van der Waals surface area contributed by atoms with Crippen LogP contribution in [-0.4, -0.2) is 83.3 Å². The Morgan fingerprint density at radius 3 is 2.48 bits per heavy atom. The third-order valence-corrected chi connectivity index (χ3v) is 5.16. The molecule has 1 atom stereocenters. The van der Waals surface area contributed by atoms with Crippen molar-refractivity contribution in [1.82, 2.24) is 24.5 Å². The second-order valence-corrected chi connectivity index (χ2v) is 7.03. The first-order valence-corrected chi connectivity index (χ1v) is 9.75. The predicted molar refractivity (Wildman–Crippen MR) is 105 cm³/mol. The number of alkyl halides is 1. The van der Waals surface area contributed by atoms with Gasteiger partial charge in [-0.2, -0.15) is 15.0 Å². The van der Waals surface area contributed by atoms with Gasteiger partial charge in [-0.1, -0.05) is 12.1 Å². The van der Waals surface area contributed by atoms with Gasteiger partial charge in [0.05, 0.1) is 30.9 Å². The molecule has 29 heavy (non-hydrogen) atoms. The van der Waals surface area contributed by atoms with Crippen LogP contribution in [0, 0.1) is 0 Å². The fraction of sp³-hybridized carbons (Fsp3) is 0.474. The van der Waals surface area contributed by atoms with Crippen LogP contribution in [0.5, 0.6) is 0 Å². The van der Waals surface area contributed by atoms with E-state index in [1.807, 2.05) is 33.7 Å². The average Bonchev–Trinajstić information content (AvgIpc) is 3.24. The molecule has 3 aromatic rings. The summed E-state index contributed by atoms with van der Waals surface area (Å²) in [7, 11) is 0. The topological polar surface area (TPSA) is 81.4 Å². The van der Waals surface area contributed by atoms with Crippen LogP contribution in [0.4, 0.5) is 16.3 Å². The number of hydrogen-bond donors (Lipinski definition) is 0. The molecular formula is C19H22FN7O2. The van der Waals surface area contributed by atoms with Crippen molar-refractivity contribution in [3.8, 4) is 5.95 Å². The SMILES string of the molecule is FCC1CN(c2nc(N3CCOCC3)nc(-n3cnc4ccccc43)n2)CCO1. The first kappa shape index (κ1) is 18.2. The van der Waals surface area contributed by atoms with Gasteiger partial charge < -0.3 is 19.3 Å². The van der Waals surface area contributed by atoms with Gasteiger partial charge in [0.1, 0.15) is 19.1 Å². The summed E-state index contributed by atoms with van der Waals surface area (Å²) in [6, 6.07) is 7.83. The molecule has 2 aliphatic rings. The van der Waals surface area contributed by atoms with Gasteiger partial charge in [-0.25, -0.2) is 9.37 Å². The van der Waals surface area contributed by atoms with E-state index in [9.17, 15) is 4.39 Å². The minimum atomic E-state index is -0.531. The molecule has 0 bridgehead atoms. The summed E-state index contributed by atoms with van der Waals surface area (Å²) in [4.78, 5) is 22.6. The number of imidazole rings is 1. The number of nitrogens with zero attached hydrogens (tertiary/aromatic N) is 7. The lowest BCUT2D eigenvalue weighted by Crippen LogP contribution is -2.45. The van der Waals surface area contributed by atoms with E-state index in [-0.39, 0.29) is 0 Å². The quantitative estimate of drug-likeness (QED) is 0.648. The van der Waals surface area contributed by atoms with E-state index in [0.29, 0.717) is 63.8 Å². The molecule has 2 saturated heterocycles. The monoisotopic (exact) mass is 399 g/mol. The zero-order valence-corrected chi connectivity index (χ0v) is 15.9. The average molecular weight is 399 g/mol. The Kier molecular flexibility index (Phi) is 4.94. The molecule has 0 saturated carbocycles. The predicted octanol–water partition coefficient (Wildman–Crippen LogP) is 1.22. The highest BCUT2D eigenvalue weighted by Crippen LogP contribution is 2.22. The van der Waals surface area contributed by atoms with Crippen molar-refractivity contribution < 1.29 is 13.9 Å². The molecule has 0 N–H and O–H groups in total. The maximum absolute atomic E-state index is 13.2. The van der Waals surface area contributed by atoms with Crippen LogP contribution in [-0.2, 0) is 9.47 Å². The smallest absolute Gasteiger partial charge is 0.242 e. The molecule has 2 fully saturated rings. The van der Waals surface area contributed by atoms with Crippen molar-refractivity contribution >= 4 is 22.9 Å².